The van der Waals surface area contributed by atoms with E-state index in [1.165, 1.54) is 24.0 Å². The summed E-state index contributed by atoms with van der Waals surface area (Å²) in [5.41, 5.74) is 4.43. The van der Waals surface area contributed by atoms with Gasteiger partial charge in [0, 0.05) is 17.8 Å². The van der Waals surface area contributed by atoms with Gasteiger partial charge >= 0.3 is 0 Å². The molecule has 0 radical (unpaired) electrons. The lowest BCUT2D eigenvalue weighted by atomic mass is 10.0. The molecule has 4 aromatic rings. The third-order valence-corrected chi connectivity index (χ3v) is 5.03. The quantitative estimate of drug-likeness (QED) is 0.477. The lowest BCUT2D eigenvalue weighted by molar-refractivity contribution is 0.296. The number of fused-ring (bicyclic) bond motifs is 1. The van der Waals surface area contributed by atoms with Gasteiger partial charge in [-0.3, -0.25) is 10.00 Å². The molecule has 0 atom stereocenters. The molecule has 0 aliphatic heterocycles. The molecule has 0 spiro atoms. The van der Waals surface area contributed by atoms with Gasteiger partial charge < -0.3 is 5.32 Å². The Hall–Kier alpha value is -3.32. The van der Waals surface area contributed by atoms with Gasteiger partial charge in [-0.05, 0) is 42.9 Å². The molecule has 0 saturated carbocycles. The highest BCUT2D eigenvalue weighted by Gasteiger charge is 2.18. The predicted molar refractivity (Wildman–Crippen MR) is 113 cm³/mol. The monoisotopic (exact) mass is 390 g/mol. The average molecular weight is 390 g/mol. The van der Waals surface area contributed by atoms with Crippen molar-refractivity contribution in [3.8, 4) is 11.3 Å². The van der Waals surface area contributed by atoms with Crippen LogP contribution in [0.25, 0.3) is 22.3 Å². The third-order valence-electron chi connectivity index (χ3n) is 5.03. The van der Waals surface area contributed by atoms with E-state index in [1.54, 1.807) is 12.1 Å². The van der Waals surface area contributed by atoms with Crippen molar-refractivity contribution in [3.63, 3.8) is 0 Å². The Bertz CT molecular complexity index is 1100. The maximum atomic E-state index is 13.2. The van der Waals surface area contributed by atoms with E-state index in [2.05, 4.69) is 56.4 Å². The molecule has 2 N–H and O–H groups in total. The van der Waals surface area contributed by atoms with Crippen LogP contribution < -0.4 is 5.32 Å². The molecule has 0 bridgehead atoms. The molecular formula is C22H23FN6. The maximum absolute atomic E-state index is 13.2. The molecule has 0 fully saturated rings. The first-order chi connectivity index (χ1) is 14.2. The first kappa shape index (κ1) is 19.0. The van der Waals surface area contributed by atoms with E-state index in [1.807, 2.05) is 12.1 Å². The Labute approximate surface area is 168 Å². The van der Waals surface area contributed by atoms with Gasteiger partial charge in [0.25, 0.3) is 0 Å². The van der Waals surface area contributed by atoms with Gasteiger partial charge in [-0.1, -0.05) is 38.1 Å². The Morgan fingerprint density at radius 3 is 2.52 bits per heavy atom. The van der Waals surface area contributed by atoms with Gasteiger partial charge in [-0.15, -0.1) is 0 Å². The number of halogens is 1. The minimum atomic E-state index is -0.280. The Balaban J connectivity index is 1.79. The van der Waals surface area contributed by atoms with Crippen molar-refractivity contribution in [2.45, 2.75) is 20.4 Å². The van der Waals surface area contributed by atoms with Crippen LogP contribution in [0.1, 0.15) is 19.4 Å². The van der Waals surface area contributed by atoms with Crippen molar-refractivity contribution in [2.75, 3.05) is 18.4 Å². The first-order valence-electron chi connectivity index (χ1n) is 9.71. The molecule has 0 saturated heterocycles. The van der Waals surface area contributed by atoms with Crippen LogP contribution in [0.5, 0.6) is 0 Å². The van der Waals surface area contributed by atoms with Gasteiger partial charge in [0.2, 0.25) is 0 Å². The highest BCUT2D eigenvalue weighted by molar-refractivity contribution is 6.00. The molecule has 0 amide bonds. The largest absolute Gasteiger partial charge is 0.339 e. The number of H-pyrrole nitrogens is 1. The zero-order valence-corrected chi connectivity index (χ0v) is 16.5. The van der Waals surface area contributed by atoms with Crippen LogP contribution in [-0.4, -0.2) is 38.2 Å². The van der Waals surface area contributed by atoms with Crippen LogP contribution in [0, 0.1) is 5.82 Å². The number of aromatic nitrogens is 4. The molecule has 2 aromatic heterocycles. The number of benzene rings is 2. The molecular weight excluding hydrogens is 367 g/mol. The molecule has 148 valence electrons. The predicted octanol–water partition coefficient (Wildman–Crippen LogP) is 4.74. The fourth-order valence-electron chi connectivity index (χ4n) is 3.40. The summed E-state index contributed by atoms with van der Waals surface area (Å²) in [6.45, 7) is 7.12. The zero-order valence-electron chi connectivity index (χ0n) is 16.5. The SMILES string of the molecule is CCN(CC)Cc1ccccc1-c1n[nH]c2ncnc(Nc3ccc(F)cc3)c12. The number of anilines is 2. The number of hydrogen-bond acceptors (Lipinski definition) is 5. The number of nitrogens with zero attached hydrogens (tertiary/aromatic N) is 4. The Morgan fingerprint density at radius 2 is 1.76 bits per heavy atom. The molecule has 7 heteroatoms. The summed E-state index contributed by atoms with van der Waals surface area (Å²) in [6.07, 6.45) is 1.48. The molecule has 2 heterocycles. The number of nitrogens with one attached hydrogen (secondary N) is 2. The third kappa shape index (κ3) is 3.95. The first-order valence-corrected chi connectivity index (χ1v) is 9.71. The molecule has 4 rings (SSSR count). The topological polar surface area (TPSA) is 69.7 Å². The van der Waals surface area contributed by atoms with Crippen molar-refractivity contribution < 1.29 is 4.39 Å². The highest BCUT2D eigenvalue weighted by Crippen LogP contribution is 2.33. The number of aromatic amines is 1. The second-order valence-electron chi connectivity index (χ2n) is 6.77. The summed E-state index contributed by atoms with van der Waals surface area (Å²) in [6, 6.07) is 14.4. The molecule has 0 unspecified atom stereocenters. The fraction of sp³-hybridized carbons (Fsp3) is 0.227. The summed E-state index contributed by atoms with van der Waals surface area (Å²) in [5, 5.41) is 11.6. The maximum Gasteiger partial charge on any atom is 0.161 e. The number of rotatable bonds is 7. The normalized spacial score (nSPS) is 11.3. The second kappa shape index (κ2) is 8.36. The second-order valence-corrected chi connectivity index (χ2v) is 6.77. The van der Waals surface area contributed by atoms with Crippen LogP contribution in [0.2, 0.25) is 0 Å². The fourth-order valence-corrected chi connectivity index (χ4v) is 3.40. The van der Waals surface area contributed by atoms with Crippen molar-refractivity contribution >= 4 is 22.5 Å². The summed E-state index contributed by atoms with van der Waals surface area (Å²) >= 11 is 0. The van der Waals surface area contributed by atoms with E-state index < -0.39 is 0 Å². The van der Waals surface area contributed by atoms with Gasteiger partial charge in [0.1, 0.15) is 23.7 Å². The van der Waals surface area contributed by atoms with Crippen LogP contribution in [0.3, 0.4) is 0 Å². The van der Waals surface area contributed by atoms with Crippen LogP contribution in [0.15, 0.2) is 54.9 Å². The van der Waals surface area contributed by atoms with Crippen LogP contribution in [-0.2, 0) is 6.54 Å². The zero-order chi connectivity index (χ0) is 20.2. The number of hydrogen-bond donors (Lipinski definition) is 2. The minimum absolute atomic E-state index is 0.280. The standard InChI is InChI=1S/C22H23FN6/c1-3-29(4-2)13-15-7-5-6-8-18(15)20-19-21(24-14-25-22(19)28-27-20)26-17-11-9-16(23)10-12-17/h5-12,14H,3-4,13H2,1-2H3,(H2,24,25,26,27,28). The summed E-state index contributed by atoms with van der Waals surface area (Å²) in [5.74, 6) is 0.348. The van der Waals surface area contributed by atoms with Gasteiger partial charge in [0.05, 0.1) is 5.39 Å². The van der Waals surface area contributed by atoms with Crippen molar-refractivity contribution in [1.82, 2.24) is 25.1 Å². The minimum Gasteiger partial charge on any atom is -0.339 e. The summed E-state index contributed by atoms with van der Waals surface area (Å²) in [7, 11) is 0. The summed E-state index contributed by atoms with van der Waals surface area (Å²) in [4.78, 5) is 11.1. The van der Waals surface area contributed by atoms with Gasteiger partial charge in [-0.25, -0.2) is 14.4 Å². The van der Waals surface area contributed by atoms with E-state index in [4.69, 9.17) is 0 Å². The highest BCUT2D eigenvalue weighted by atomic mass is 19.1. The van der Waals surface area contributed by atoms with E-state index in [9.17, 15) is 4.39 Å². The van der Waals surface area contributed by atoms with Crippen molar-refractivity contribution in [1.29, 1.82) is 0 Å². The average Bonchev–Trinajstić information content (AvgIpc) is 3.19. The van der Waals surface area contributed by atoms with Crippen molar-refractivity contribution in [3.05, 3.63) is 66.2 Å². The molecule has 2 aromatic carbocycles. The van der Waals surface area contributed by atoms with Gasteiger partial charge in [0.15, 0.2) is 5.65 Å². The molecule has 6 nitrogen and oxygen atoms in total. The van der Waals surface area contributed by atoms with E-state index in [0.29, 0.717) is 11.5 Å². The van der Waals surface area contributed by atoms with E-state index >= 15 is 0 Å². The smallest absolute Gasteiger partial charge is 0.161 e. The Morgan fingerprint density at radius 1 is 1.00 bits per heavy atom. The van der Waals surface area contributed by atoms with Crippen molar-refractivity contribution in [2.24, 2.45) is 0 Å². The van der Waals surface area contributed by atoms with E-state index in [-0.39, 0.29) is 5.82 Å². The van der Waals surface area contributed by atoms with Crippen LogP contribution in [0.4, 0.5) is 15.9 Å². The van der Waals surface area contributed by atoms with Gasteiger partial charge in [-0.2, -0.15) is 5.10 Å². The van der Waals surface area contributed by atoms with Crippen LogP contribution >= 0.6 is 0 Å². The summed E-state index contributed by atoms with van der Waals surface area (Å²) < 4.78 is 13.2. The van der Waals surface area contributed by atoms with E-state index in [0.717, 1.165) is 42.0 Å². The Kier molecular flexibility index (Phi) is 5.48. The molecule has 29 heavy (non-hydrogen) atoms. The lowest BCUT2D eigenvalue weighted by Gasteiger charge is -2.19. The molecule has 0 aliphatic carbocycles. The lowest BCUT2D eigenvalue weighted by Crippen LogP contribution is -2.22. The molecule has 0 aliphatic rings.